The van der Waals surface area contributed by atoms with Crippen LogP contribution < -0.4 is 15.5 Å². The molecule has 1 heterocycles. The highest BCUT2D eigenvalue weighted by atomic mass is 16.2. The highest BCUT2D eigenvalue weighted by Gasteiger charge is 2.24. The number of anilines is 2. The summed E-state index contributed by atoms with van der Waals surface area (Å²) >= 11 is 0. The van der Waals surface area contributed by atoms with E-state index in [4.69, 9.17) is 0 Å². The minimum atomic E-state index is -0.280. The maximum Gasteiger partial charge on any atom is 0.255 e. The number of benzene rings is 2. The average Bonchev–Trinajstić information content (AvgIpc) is 3.15. The monoisotopic (exact) mass is 393 g/mol. The van der Waals surface area contributed by atoms with Crippen LogP contribution in [0.4, 0.5) is 11.4 Å². The van der Waals surface area contributed by atoms with Crippen LogP contribution in [-0.2, 0) is 11.2 Å². The molecule has 0 bridgehead atoms. The number of rotatable bonds is 6. The largest absolute Gasteiger partial charge is 0.352 e. The minimum Gasteiger partial charge on any atom is -0.352 e. The summed E-state index contributed by atoms with van der Waals surface area (Å²) in [5, 5.41) is 5.73. The van der Waals surface area contributed by atoms with E-state index < -0.39 is 0 Å². The molecule has 0 unspecified atom stereocenters. The van der Waals surface area contributed by atoms with Crippen molar-refractivity contribution in [3.8, 4) is 0 Å². The van der Waals surface area contributed by atoms with Gasteiger partial charge in [0.25, 0.3) is 11.8 Å². The SMILES string of the molecule is CCC(=O)N1CCc2cc(C(=O)Nc3ccccc3C(=O)NCC(C)C)ccc21. The Hall–Kier alpha value is -3.15. The highest BCUT2D eigenvalue weighted by molar-refractivity contribution is 6.09. The van der Waals surface area contributed by atoms with E-state index in [-0.39, 0.29) is 17.7 Å². The lowest BCUT2D eigenvalue weighted by molar-refractivity contribution is -0.118. The fourth-order valence-corrected chi connectivity index (χ4v) is 3.37. The molecule has 3 amide bonds. The third-order valence-corrected chi connectivity index (χ3v) is 4.93. The van der Waals surface area contributed by atoms with E-state index in [1.165, 1.54) is 0 Å². The van der Waals surface area contributed by atoms with Crippen LogP contribution in [0.5, 0.6) is 0 Å². The van der Waals surface area contributed by atoms with Crippen molar-refractivity contribution in [3.05, 3.63) is 59.2 Å². The zero-order chi connectivity index (χ0) is 21.0. The summed E-state index contributed by atoms with van der Waals surface area (Å²) in [4.78, 5) is 39.1. The van der Waals surface area contributed by atoms with Crippen LogP contribution in [0.1, 0.15) is 53.5 Å². The summed E-state index contributed by atoms with van der Waals surface area (Å²) < 4.78 is 0. The first-order valence-corrected chi connectivity index (χ1v) is 10.0. The number of nitrogens with one attached hydrogen (secondary N) is 2. The molecule has 6 heteroatoms. The summed E-state index contributed by atoms with van der Waals surface area (Å²) in [6.45, 7) is 7.11. The molecule has 0 saturated carbocycles. The fourth-order valence-electron chi connectivity index (χ4n) is 3.37. The van der Waals surface area contributed by atoms with Gasteiger partial charge >= 0.3 is 0 Å². The Kier molecular flexibility index (Phi) is 6.32. The predicted molar refractivity (Wildman–Crippen MR) is 114 cm³/mol. The van der Waals surface area contributed by atoms with Crippen molar-refractivity contribution in [2.75, 3.05) is 23.3 Å². The van der Waals surface area contributed by atoms with Crippen LogP contribution >= 0.6 is 0 Å². The van der Waals surface area contributed by atoms with Gasteiger partial charge in [-0.2, -0.15) is 0 Å². The fraction of sp³-hybridized carbons (Fsp3) is 0.348. The first-order valence-electron chi connectivity index (χ1n) is 10.0. The van der Waals surface area contributed by atoms with Crippen molar-refractivity contribution in [2.24, 2.45) is 5.92 Å². The van der Waals surface area contributed by atoms with Gasteiger partial charge in [0.2, 0.25) is 5.91 Å². The summed E-state index contributed by atoms with van der Waals surface area (Å²) in [6, 6.07) is 12.3. The molecule has 2 N–H and O–H groups in total. The first kappa shape index (κ1) is 20.6. The molecule has 0 saturated heterocycles. The number of hydrogen-bond donors (Lipinski definition) is 2. The van der Waals surface area contributed by atoms with Crippen LogP contribution in [0.2, 0.25) is 0 Å². The number of carbonyl (C=O) groups excluding carboxylic acids is 3. The van der Waals surface area contributed by atoms with Gasteiger partial charge in [0.15, 0.2) is 0 Å². The van der Waals surface area contributed by atoms with Crippen molar-refractivity contribution in [1.29, 1.82) is 0 Å². The topological polar surface area (TPSA) is 78.5 Å². The molecule has 3 rings (SSSR count). The zero-order valence-electron chi connectivity index (χ0n) is 17.1. The van der Waals surface area contributed by atoms with Gasteiger partial charge in [-0.15, -0.1) is 0 Å². The Morgan fingerprint density at radius 2 is 1.83 bits per heavy atom. The lowest BCUT2D eigenvalue weighted by Gasteiger charge is -2.16. The van der Waals surface area contributed by atoms with Gasteiger partial charge in [-0.3, -0.25) is 14.4 Å². The molecule has 152 valence electrons. The van der Waals surface area contributed by atoms with Crippen LogP contribution in [0, 0.1) is 5.92 Å². The number of hydrogen-bond acceptors (Lipinski definition) is 3. The van der Waals surface area contributed by atoms with E-state index in [9.17, 15) is 14.4 Å². The third kappa shape index (κ3) is 4.65. The minimum absolute atomic E-state index is 0.0855. The van der Waals surface area contributed by atoms with E-state index in [0.29, 0.717) is 42.2 Å². The van der Waals surface area contributed by atoms with Crippen LogP contribution in [-0.4, -0.2) is 30.8 Å². The molecular formula is C23H27N3O3. The van der Waals surface area contributed by atoms with Gasteiger partial charge in [-0.1, -0.05) is 32.9 Å². The molecule has 2 aromatic carbocycles. The molecule has 0 aliphatic carbocycles. The number of carbonyl (C=O) groups is 3. The molecule has 0 atom stereocenters. The normalized spacial score (nSPS) is 12.6. The van der Waals surface area contributed by atoms with Gasteiger partial charge in [0.1, 0.15) is 0 Å². The molecule has 1 aliphatic heterocycles. The second kappa shape index (κ2) is 8.90. The number of nitrogens with zero attached hydrogens (tertiary/aromatic N) is 1. The van der Waals surface area contributed by atoms with E-state index >= 15 is 0 Å². The molecule has 0 fully saturated rings. The van der Waals surface area contributed by atoms with Crippen LogP contribution in [0.25, 0.3) is 0 Å². The van der Waals surface area contributed by atoms with Crippen molar-refractivity contribution in [2.45, 2.75) is 33.6 Å². The zero-order valence-corrected chi connectivity index (χ0v) is 17.1. The van der Waals surface area contributed by atoms with Gasteiger partial charge in [-0.25, -0.2) is 0 Å². The Balaban J connectivity index is 1.77. The molecule has 0 spiro atoms. The van der Waals surface area contributed by atoms with Gasteiger partial charge in [0, 0.05) is 30.8 Å². The van der Waals surface area contributed by atoms with Gasteiger partial charge in [-0.05, 0) is 48.2 Å². The molecular weight excluding hydrogens is 366 g/mol. The Morgan fingerprint density at radius 3 is 2.55 bits per heavy atom. The lowest BCUT2D eigenvalue weighted by Crippen LogP contribution is -2.28. The smallest absolute Gasteiger partial charge is 0.255 e. The van der Waals surface area contributed by atoms with E-state index in [2.05, 4.69) is 10.6 Å². The second-order valence-electron chi connectivity index (χ2n) is 7.60. The molecule has 6 nitrogen and oxygen atoms in total. The van der Waals surface area contributed by atoms with Crippen molar-refractivity contribution in [1.82, 2.24) is 5.32 Å². The van der Waals surface area contributed by atoms with E-state index in [1.807, 2.05) is 32.9 Å². The maximum absolute atomic E-state index is 12.8. The molecule has 1 aliphatic rings. The van der Waals surface area contributed by atoms with E-state index in [0.717, 1.165) is 17.7 Å². The van der Waals surface area contributed by atoms with Gasteiger partial charge in [0.05, 0.1) is 11.3 Å². The van der Waals surface area contributed by atoms with Crippen molar-refractivity contribution < 1.29 is 14.4 Å². The number of para-hydroxylation sites is 1. The third-order valence-electron chi connectivity index (χ3n) is 4.93. The van der Waals surface area contributed by atoms with E-state index in [1.54, 1.807) is 35.2 Å². The average molecular weight is 393 g/mol. The molecule has 29 heavy (non-hydrogen) atoms. The van der Waals surface area contributed by atoms with Crippen molar-refractivity contribution >= 4 is 29.1 Å². The molecule has 2 aromatic rings. The van der Waals surface area contributed by atoms with Crippen LogP contribution in [0.3, 0.4) is 0 Å². The number of fused-ring (bicyclic) bond motifs is 1. The number of amides is 3. The molecule has 0 aromatic heterocycles. The summed E-state index contributed by atoms with van der Waals surface area (Å²) in [5.74, 6) is -0.0667. The first-order chi connectivity index (χ1) is 13.9. The maximum atomic E-state index is 12.8. The highest BCUT2D eigenvalue weighted by Crippen LogP contribution is 2.29. The van der Waals surface area contributed by atoms with Crippen molar-refractivity contribution in [3.63, 3.8) is 0 Å². The predicted octanol–water partition coefficient (Wildman–Crippen LogP) is 3.62. The van der Waals surface area contributed by atoms with Crippen LogP contribution in [0.15, 0.2) is 42.5 Å². The quantitative estimate of drug-likeness (QED) is 0.787. The lowest BCUT2D eigenvalue weighted by atomic mass is 10.1. The summed E-state index contributed by atoms with van der Waals surface area (Å²) in [6.07, 6.45) is 1.19. The standard InChI is InChI=1S/C23H27N3O3/c1-4-21(27)26-12-11-16-13-17(9-10-20(16)26)22(28)25-19-8-6-5-7-18(19)23(29)24-14-15(2)3/h5-10,13,15H,4,11-12,14H2,1-3H3,(H,24,29)(H,25,28). The summed E-state index contributed by atoms with van der Waals surface area (Å²) in [7, 11) is 0. The van der Waals surface area contributed by atoms with Gasteiger partial charge < -0.3 is 15.5 Å². The Bertz CT molecular complexity index is 937. The summed E-state index contributed by atoms with van der Waals surface area (Å²) in [5.41, 5.74) is 3.28. The molecule has 0 radical (unpaired) electrons. The Morgan fingerprint density at radius 1 is 1.07 bits per heavy atom. The Labute approximate surface area is 171 Å². The second-order valence-corrected chi connectivity index (χ2v) is 7.60.